The Labute approximate surface area is 150 Å². The Morgan fingerprint density at radius 1 is 1.12 bits per heavy atom. The van der Waals surface area contributed by atoms with E-state index in [1.807, 2.05) is 12.1 Å². The van der Waals surface area contributed by atoms with Crippen molar-refractivity contribution < 1.29 is 9.59 Å². The Morgan fingerprint density at radius 2 is 1.83 bits per heavy atom. The summed E-state index contributed by atoms with van der Waals surface area (Å²) in [5, 5.41) is 3.76. The molecule has 3 rings (SSSR count). The molecule has 0 aliphatic carbocycles. The molecule has 1 aliphatic rings. The topological polar surface area (TPSA) is 49.4 Å². The van der Waals surface area contributed by atoms with Crippen LogP contribution in [0.15, 0.2) is 42.5 Å². The molecule has 2 amide bonds. The highest BCUT2D eigenvalue weighted by molar-refractivity contribution is 6.43. The van der Waals surface area contributed by atoms with Crippen LogP contribution in [0.5, 0.6) is 0 Å². The maximum atomic E-state index is 12.6. The fraction of sp³-hybridized carbons (Fsp3) is 0.222. The molecule has 6 heteroatoms. The van der Waals surface area contributed by atoms with E-state index < -0.39 is 6.04 Å². The lowest BCUT2D eigenvalue weighted by Crippen LogP contribution is -2.34. The molecule has 4 nitrogen and oxygen atoms in total. The summed E-state index contributed by atoms with van der Waals surface area (Å²) in [7, 11) is 0. The third-order valence-electron chi connectivity index (χ3n) is 4.03. The molecule has 1 N–H and O–H groups in total. The van der Waals surface area contributed by atoms with Crippen LogP contribution < -0.4 is 10.2 Å². The van der Waals surface area contributed by atoms with Crippen molar-refractivity contribution in [3.63, 3.8) is 0 Å². The molecule has 0 radical (unpaired) electrons. The van der Waals surface area contributed by atoms with Gasteiger partial charge in [0.1, 0.15) is 6.04 Å². The summed E-state index contributed by atoms with van der Waals surface area (Å²) in [5.74, 6) is -0.528. The summed E-state index contributed by atoms with van der Waals surface area (Å²) in [6.07, 6.45) is 0.983. The van der Waals surface area contributed by atoms with E-state index in [-0.39, 0.29) is 18.2 Å². The minimum absolute atomic E-state index is 0.0806. The first-order chi connectivity index (χ1) is 11.5. The third-order valence-corrected chi connectivity index (χ3v) is 4.85. The average Bonchev–Trinajstić information content (AvgIpc) is 2.86. The fourth-order valence-corrected chi connectivity index (χ4v) is 3.05. The Bertz CT molecular complexity index is 790. The predicted octanol–water partition coefficient (Wildman–Crippen LogP) is 4.30. The van der Waals surface area contributed by atoms with Crippen LogP contribution in [-0.2, 0) is 16.0 Å². The van der Waals surface area contributed by atoms with E-state index in [0.29, 0.717) is 21.4 Å². The minimum Gasteiger partial charge on any atom is -0.372 e. The maximum Gasteiger partial charge on any atom is 0.256 e. The standard InChI is InChI=1S/C18H16Cl2N2O2/c1-2-11-6-8-12(9-7-11)22-16(23)10-15(18(22)24)21-14-5-3-4-13(19)17(14)20/h3-9,15,21H,2,10H2,1H3. The zero-order chi connectivity index (χ0) is 17.3. The van der Waals surface area contributed by atoms with Crippen LogP contribution in [0.3, 0.4) is 0 Å². The average molecular weight is 363 g/mol. The van der Waals surface area contributed by atoms with Crippen molar-refractivity contribution >= 4 is 46.4 Å². The largest absolute Gasteiger partial charge is 0.372 e. The van der Waals surface area contributed by atoms with Gasteiger partial charge in [0.15, 0.2) is 0 Å². The molecule has 1 fully saturated rings. The zero-order valence-electron chi connectivity index (χ0n) is 13.1. The first-order valence-electron chi connectivity index (χ1n) is 7.67. The van der Waals surface area contributed by atoms with E-state index in [9.17, 15) is 9.59 Å². The molecule has 0 saturated carbocycles. The molecular weight excluding hydrogens is 347 g/mol. The van der Waals surface area contributed by atoms with Crippen LogP contribution in [0.2, 0.25) is 10.0 Å². The second kappa shape index (κ2) is 6.83. The summed E-state index contributed by atoms with van der Waals surface area (Å²) >= 11 is 12.1. The van der Waals surface area contributed by atoms with Gasteiger partial charge in [-0.15, -0.1) is 0 Å². The van der Waals surface area contributed by atoms with Crippen LogP contribution in [-0.4, -0.2) is 17.9 Å². The molecule has 2 aromatic carbocycles. The number of hydrogen-bond acceptors (Lipinski definition) is 3. The number of carbonyl (C=O) groups excluding carboxylic acids is 2. The number of amides is 2. The quantitative estimate of drug-likeness (QED) is 0.824. The van der Waals surface area contributed by atoms with Gasteiger partial charge in [0.25, 0.3) is 5.91 Å². The minimum atomic E-state index is -0.653. The number of aryl methyl sites for hydroxylation is 1. The Hall–Kier alpha value is -2.04. The van der Waals surface area contributed by atoms with Crippen LogP contribution in [0.4, 0.5) is 11.4 Å². The number of imide groups is 1. The number of rotatable bonds is 4. The van der Waals surface area contributed by atoms with Crippen molar-refractivity contribution in [2.24, 2.45) is 0 Å². The molecule has 124 valence electrons. The predicted molar refractivity (Wildman–Crippen MR) is 96.8 cm³/mol. The highest BCUT2D eigenvalue weighted by Crippen LogP contribution is 2.32. The number of nitrogens with one attached hydrogen (secondary N) is 1. The van der Waals surface area contributed by atoms with E-state index in [4.69, 9.17) is 23.2 Å². The van der Waals surface area contributed by atoms with E-state index >= 15 is 0 Å². The smallest absolute Gasteiger partial charge is 0.256 e. The summed E-state index contributed by atoms with van der Waals surface area (Å²) in [6, 6.07) is 11.9. The Morgan fingerprint density at radius 3 is 2.50 bits per heavy atom. The van der Waals surface area contributed by atoms with Gasteiger partial charge in [0.05, 0.1) is 27.8 Å². The zero-order valence-corrected chi connectivity index (χ0v) is 14.6. The molecule has 0 aromatic heterocycles. The van der Waals surface area contributed by atoms with Crippen molar-refractivity contribution in [3.05, 3.63) is 58.1 Å². The normalized spacial score (nSPS) is 17.5. The van der Waals surface area contributed by atoms with Crippen LogP contribution >= 0.6 is 23.2 Å². The van der Waals surface area contributed by atoms with Gasteiger partial charge in [-0.05, 0) is 36.2 Å². The summed E-state index contributed by atoms with van der Waals surface area (Å²) in [4.78, 5) is 26.2. The number of carbonyl (C=O) groups is 2. The van der Waals surface area contributed by atoms with Gasteiger partial charge in [0, 0.05) is 0 Å². The van der Waals surface area contributed by atoms with Crippen molar-refractivity contribution in [2.45, 2.75) is 25.8 Å². The molecule has 1 atom stereocenters. The molecule has 1 aliphatic heterocycles. The number of benzene rings is 2. The van der Waals surface area contributed by atoms with Gasteiger partial charge in [-0.2, -0.15) is 0 Å². The maximum absolute atomic E-state index is 12.6. The molecule has 1 unspecified atom stereocenters. The molecule has 24 heavy (non-hydrogen) atoms. The molecule has 0 spiro atoms. The lowest BCUT2D eigenvalue weighted by molar-refractivity contribution is -0.121. The van der Waals surface area contributed by atoms with Crippen LogP contribution in [0.1, 0.15) is 18.9 Å². The van der Waals surface area contributed by atoms with E-state index in [1.54, 1.807) is 30.3 Å². The summed E-state index contributed by atoms with van der Waals surface area (Å²) < 4.78 is 0. The second-order valence-corrected chi connectivity index (χ2v) is 6.37. The van der Waals surface area contributed by atoms with Crippen molar-refractivity contribution in [1.29, 1.82) is 0 Å². The molecule has 0 bridgehead atoms. The molecule has 1 heterocycles. The summed E-state index contributed by atoms with van der Waals surface area (Å²) in [5.41, 5.74) is 2.28. The number of halogens is 2. The second-order valence-electron chi connectivity index (χ2n) is 5.59. The Balaban J connectivity index is 1.82. The molecular formula is C18H16Cl2N2O2. The van der Waals surface area contributed by atoms with Gasteiger partial charge >= 0.3 is 0 Å². The SMILES string of the molecule is CCc1ccc(N2C(=O)CC(Nc3cccc(Cl)c3Cl)C2=O)cc1. The van der Waals surface area contributed by atoms with E-state index in [1.165, 1.54) is 4.90 Å². The number of nitrogens with zero attached hydrogens (tertiary/aromatic N) is 1. The fourth-order valence-electron chi connectivity index (χ4n) is 2.70. The van der Waals surface area contributed by atoms with Crippen LogP contribution in [0.25, 0.3) is 0 Å². The van der Waals surface area contributed by atoms with Crippen LogP contribution in [0, 0.1) is 0 Å². The van der Waals surface area contributed by atoms with Gasteiger partial charge in [-0.25, -0.2) is 4.90 Å². The van der Waals surface area contributed by atoms with E-state index in [2.05, 4.69) is 12.2 Å². The number of anilines is 2. The highest BCUT2D eigenvalue weighted by atomic mass is 35.5. The van der Waals surface area contributed by atoms with Gasteiger partial charge in [-0.3, -0.25) is 9.59 Å². The van der Waals surface area contributed by atoms with Crippen molar-refractivity contribution in [2.75, 3.05) is 10.2 Å². The lowest BCUT2D eigenvalue weighted by atomic mass is 10.1. The first kappa shape index (κ1) is 16.8. The molecule has 1 saturated heterocycles. The Kier molecular flexibility index (Phi) is 4.78. The number of hydrogen-bond donors (Lipinski definition) is 1. The summed E-state index contributed by atoms with van der Waals surface area (Å²) in [6.45, 7) is 2.05. The highest BCUT2D eigenvalue weighted by Gasteiger charge is 2.39. The first-order valence-corrected chi connectivity index (χ1v) is 8.43. The lowest BCUT2D eigenvalue weighted by Gasteiger charge is -2.17. The van der Waals surface area contributed by atoms with Crippen molar-refractivity contribution in [3.8, 4) is 0 Å². The monoisotopic (exact) mass is 362 g/mol. The van der Waals surface area contributed by atoms with Crippen molar-refractivity contribution in [1.82, 2.24) is 0 Å². The molecule has 2 aromatic rings. The van der Waals surface area contributed by atoms with E-state index in [0.717, 1.165) is 12.0 Å². The van der Waals surface area contributed by atoms with Gasteiger partial charge in [0.2, 0.25) is 5.91 Å². The van der Waals surface area contributed by atoms with Gasteiger partial charge < -0.3 is 5.32 Å². The third kappa shape index (κ3) is 3.12. The van der Waals surface area contributed by atoms with Gasteiger partial charge in [-0.1, -0.05) is 48.3 Å².